The van der Waals surface area contributed by atoms with Crippen LogP contribution < -0.4 is 27.8 Å². The Bertz CT molecular complexity index is 739. The summed E-state index contributed by atoms with van der Waals surface area (Å²) in [5.74, 6) is -4.87. The molecule has 0 bridgehead atoms. The summed E-state index contributed by atoms with van der Waals surface area (Å²) in [6, 6.07) is 4.47. The molecule has 9 N–H and O–H groups in total. The molecule has 4 amide bonds. The summed E-state index contributed by atoms with van der Waals surface area (Å²) < 4.78 is 0. The van der Waals surface area contributed by atoms with Crippen LogP contribution in [0.1, 0.15) is 18.4 Å². The lowest BCUT2D eigenvalue weighted by Gasteiger charge is -2.22. The molecule has 0 aliphatic carbocycles. The van der Waals surface area contributed by atoms with Gasteiger partial charge in [-0.1, -0.05) is 30.3 Å². The maximum absolute atomic E-state index is 12.4. The zero-order chi connectivity index (χ0) is 21.3. The molecule has 0 heterocycles. The summed E-state index contributed by atoms with van der Waals surface area (Å²) >= 11 is 0. The smallest absolute Gasteiger partial charge is 0.326 e. The Morgan fingerprint density at radius 3 is 1.89 bits per heavy atom. The number of rotatable bonds is 11. The van der Waals surface area contributed by atoms with Gasteiger partial charge in [-0.25, -0.2) is 4.79 Å². The first kappa shape index (κ1) is 22.6. The lowest BCUT2D eigenvalue weighted by Crippen LogP contribution is -2.56. The highest BCUT2D eigenvalue weighted by Gasteiger charge is 2.29. The molecule has 1 aromatic carbocycles. The molecule has 0 fully saturated rings. The molecular formula is C17H23N5O6. The van der Waals surface area contributed by atoms with E-state index in [4.69, 9.17) is 17.2 Å². The van der Waals surface area contributed by atoms with Crippen LogP contribution in [0.25, 0.3) is 0 Å². The number of benzene rings is 1. The maximum atomic E-state index is 12.4. The van der Waals surface area contributed by atoms with Crippen LogP contribution in [0.2, 0.25) is 0 Å². The van der Waals surface area contributed by atoms with Gasteiger partial charge >= 0.3 is 5.97 Å². The van der Waals surface area contributed by atoms with Crippen molar-refractivity contribution in [2.24, 2.45) is 17.2 Å². The number of carboxylic acids is 1. The number of nitrogens with one attached hydrogen (secondary N) is 2. The summed E-state index contributed by atoms with van der Waals surface area (Å²) in [6.07, 6.45) is -1.07. The van der Waals surface area contributed by atoms with E-state index in [9.17, 15) is 29.1 Å². The Morgan fingerprint density at radius 1 is 0.857 bits per heavy atom. The van der Waals surface area contributed by atoms with Gasteiger partial charge in [0, 0.05) is 6.42 Å². The third kappa shape index (κ3) is 7.83. The fourth-order valence-corrected chi connectivity index (χ4v) is 2.32. The number of primary amides is 2. The van der Waals surface area contributed by atoms with Gasteiger partial charge in [-0.05, 0) is 5.56 Å². The van der Waals surface area contributed by atoms with Crippen LogP contribution in [0.5, 0.6) is 0 Å². The van der Waals surface area contributed by atoms with Gasteiger partial charge in [0.25, 0.3) is 0 Å². The molecule has 3 unspecified atom stereocenters. The van der Waals surface area contributed by atoms with Crippen LogP contribution in [0, 0.1) is 0 Å². The van der Waals surface area contributed by atoms with Crippen molar-refractivity contribution in [2.75, 3.05) is 0 Å². The van der Waals surface area contributed by atoms with Crippen LogP contribution in [0.15, 0.2) is 30.3 Å². The highest BCUT2D eigenvalue weighted by Crippen LogP contribution is 2.05. The van der Waals surface area contributed by atoms with E-state index in [1.54, 1.807) is 30.3 Å². The van der Waals surface area contributed by atoms with E-state index < -0.39 is 60.6 Å². The highest BCUT2D eigenvalue weighted by atomic mass is 16.4. The lowest BCUT2D eigenvalue weighted by atomic mass is 10.0. The Kier molecular flexibility index (Phi) is 8.56. The van der Waals surface area contributed by atoms with E-state index in [0.717, 1.165) is 0 Å². The minimum absolute atomic E-state index is 0.0136. The third-order valence-corrected chi connectivity index (χ3v) is 3.69. The monoisotopic (exact) mass is 393 g/mol. The summed E-state index contributed by atoms with van der Waals surface area (Å²) in [4.78, 5) is 58.0. The predicted molar refractivity (Wildman–Crippen MR) is 97.2 cm³/mol. The van der Waals surface area contributed by atoms with Gasteiger partial charge in [0.05, 0.1) is 18.9 Å². The Labute approximate surface area is 160 Å². The van der Waals surface area contributed by atoms with Crippen molar-refractivity contribution in [3.05, 3.63) is 35.9 Å². The molecule has 28 heavy (non-hydrogen) atoms. The first-order chi connectivity index (χ1) is 13.1. The van der Waals surface area contributed by atoms with Gasteiger partial charge in [-0.15, -0.1) is 0 Å². The summed E-state index contributed by atoms with van der Waals surface area (Å²) in [7, 11) is 0. The van der Waals surface area contributed by atoms with E-state index in [2.05, 4.69) is 10.6 Å². The Morgan fingerprint density at radius 2 is 1.39 bits per heavy atom. The first-order valence-electron chi connectivity index (χ1n) is 8.29. The fourth-order valence-electron chi connectivity index (χ4n) is 2.32. The highest BCUT2D eigenvalue weighted by molar-refractivity contribution is 5.95. The third-order valence-electron chi connectivity index (χ3n) is 3.69. The van der Waals surface area contributed by atoms with Crippen LogP contribution in [0.3, 0.4) is 0 Å². The topological polar surface area (TPSA) is 208 Å². The number of carboxylic acid groups (broad SMARTS) is 1. The molecule has 0 aliphatic rings. The van der Waals surface area contributed by atoms with E-state index in [1.165, 1.54) is 0 Å². The molecule has 0 saturated carbocycles. The molecule has 0 aromatic heterocycles. The van der Waals surface area contributed by atoms with Gasteiger partial charge in [-0.3, -0.25) is 19.2 Å². The average Bonchev–Trinajstić information content (AvgIpc) is 2.60. The van der Waals surface area contributed by atoms with Gasteiger partial charge in [0.2, 0.25) is 23.6 Å². The van der Waals surface area contributed by atoms with Crippen LogP contribution in [-0.4, -0.2) is 52.8 Å². The van der Waals surface area contributed by atoms with E-state index in [0.29, 0.717) is 5.56 Å². The number of amides is 4. The molecule has 3 atom stereocenters. The molecule has 152 valence electrons. The molecule has 1 rings (SSSR count). The molecular weight excluding hydrogens is 370 g/mol. The van der Waals surface area contributed by atoms with Crippen molar-refractivity contribution >= 4 is 29.6 Å². The fraction of sp³-hybridized carbons (Fsp3) is 0.353. The molecule has 11 heteroatoms. The van der Waals surface area contributed by atoms with Crippen molar-refractivity contribution < 1.29 is 29.1 Å². The molecule has 11 nitrogen and oxygen atoms in total. The van der Waals surface area contributed by atoms with E-state index >= 15 is 0 Å². The van der Waals surface area contributed by atoms with Gasteiger partial charge < -0.3 is 32.9 Å². The maximum Gasteiger partial charge on any atom is 0.326 e. The molecule has 0 radical (unpaired) electrons. The SMILES string of the molecule is NC(=O)CC(N)C(=O)NC(CC(N)=O)C(=O)NC(Cc1ccccc1)C(=O)O. The van der Waals surface area contributed by atoms with Crippen molar-refractivity contribution in [1.29, 1.82) is 0 Å². The van der Waals surface area contributed by atoms with Gasteiger partial charge in [-0.2, -0.15) is 0 Å². The number of hydrogen-bond donors (Lipinski definition) is 6. The number of carbonyl (C=O) groups is 5. The van der Waals surface area contributed by atoms with Crippen molar-refractivity contribution in [1.82, 2.24) is 10.6 Å². The summed E-state index contributed by atoms with van der Waals surface area (Å²) in [6.45, 7) is 0. The zero-order valence-electron chi connectivity index (χ0n) is 15.0. The number of aliphatic carboxylic acids is 1. The second-order valence-corrected chi connectivity index (χ2v) is 6.10. The van der Waals surface area contributed by atoms with Crippen molar-refractivity contribution in [3.63, 3.8) is 0 Å². The number of hydrogen-bond acceptors (Lipinski definition) is 6. The summed E-state index contributed by atoms with van der Waals surface area (Å²) in [5.41, 5.74) is 16.2. The molecule has 0 spiro atoms. The van der Waals surface area contributed by atoms with Crippen LogP contribution >= 0.6 is 0 Å². The summed E-state index contributed by atoms with van der Waals surface area (Å²) in [5, 5.41) is 13.8. The van der Waals surface area contributed by atoms with Crippen LogP contribution in [-0.2, 0) is 30.4 Å². The average molecular weight is 393 g/mol. The van der Waals surface area contributed by atoms with Crippen molar-refractivity contribution in [3.8, 4) is 0 Å². The zero-order valence-corrected chi connectivity index (χ0v) is 15.0. The second-order valence-electron chi connectivity index (χ2n) is 6.10. The van der Waals surface area contributed by atoms with E-state index in [-0.39, 0.29) is 6.42 Å². The first-order valence-corrected chi connectivity index (χ1v) is 8.29. The minimum atomic E-state index is -1.46. The van der Waals surface area contributed by atoms with Gasteiger partial charge in [0.1, 0.15) is 12.1 Å². The quantitative estimate of drug-likeness (QED) is 0.235. The minimum Gasteiger partial charge on any atom is -0.480 e. The Balaban J connectivity index is 2.86. The lowest BCUT2D eigenvalue weighted by molar-refractivity contribution is -0.142. The molecule has 0 saturated heterocycles. The standard InChI is InChI=1S/C17H23N5O6/c18-10(7-13(19)23)15(25)21-11(8-14(20)24)16(26)22-12(17(27)28)6-9-4-2-1-3-5-9/h1-5,10-12H,6-8,18H2,(H2,19,23)(H2,20,24)(H,21,25)(H,22,26)(H,27,28). The molecule has 0 aliphatic heterocycles. The largest absolute Gasteiger partial charge is 0.480 e. The number of carbonyl (C=O) groups excluding carboxylic acids is 4. The molecule has 1 aromatic rings. The van der Waals surface area contributed by atoms with E-state index in [1.807, 2.05) is 0 Å². The van der Waals surface area contributed by atoms with Crippen molar-refractivity contribution in [2.45, 2.75) is 37.4 Å². The van der Waals surface area contributed by atoms with Crippen LogP contribution in [0.4, 0.5) is 0 Å². The van der Waals surface area contributed by atoms with Gasteiger partial charge in [0.15, 0.2) is 0 Å². The predicted octanol–water partition coefficient (Wildman–Crippen LogP) is -2.64. The Hall–Kier alpha value is -3.47. The number of nitrogens with two attached hydrogens (primary N) is 3. The normalized spacial score (nSPS) is 13.6. The second kappa shape index (κ2) is 10.6.